The third-order valence-electron chi connectivity index (χ3n) is 8.16. The van der Waals surface area contributed by atoms with E-state index in [1.54, 1.807) is 20.8 Å². The molecule has 1 amide bonds. The number of ketones is 2. The Kier molecular flexibility index (Phi) is 6.45. The number of primary amides is 1. The summed E-state index contributed by atoms with van der Waals surface area (Å²) >= 11 is 0. The average molecular weight is 544 g/mol. The topological polar surface area (TPSA) is 225 Å². The molecule has 1 aromatic rings. The van der Waals surface area contributed by atoms with E-state index in [4.69, 9.17) is 11.5 Å². The second kappa shape index (κ2) is 8.90. The van der Waals surface area contributed by atoms with Gasteiger partial charge in [0.2, 0.25) is 5.78 Å². The highest BCUT2D eigenvalue weighted by molar-refractivity contribution is 6.24. The number of phenols is 1. The molecule has 1 saturated carbocycles. The summed E-state index contributed by atoms with van der Waals surface area (Å²) in [6.07, 6.45) is -0.169. The van der Waals surface area contributed by atoms with Crippen LogP contribution in [0.25, 0.3) is 5.76 Å². The second-order valence-corrected chi connectivity index (χ2v) is 11.7. The summed E-state index contributed by atoms with van der Waals surface area (Å²) in [7, 11) is 3.01. The zero-order chi connectivity index (χ0) is 29.5. The molecule has 0 aromatic heterocycles. The first-order valence-electron chi connectivity index (χ1n) is 12.4. The van der Waals surface area contributed by atoms with Crippen molar-refractivity contribution in [2.45, 2.75) is 56.7 Å². The first kappa shape index (κ1) is 28.3. The number of benzene rings is 1. The molecule has 5 atom stereocenters. The molecule has 0 bridgehead atoms. The number of likely N-dealkylation sites (N-methyl/N-ethyl adjacent to an activating group) is 1. The van der Waals surface area contributed by atoms with E-state index in [2.05, 4.69) is 0 Å². The average Bonchev–Trinajstić information content (AvgIpc) is 2.79. The number of hydrogen-bond acceptors (Lipinski definition) is 10. The number of carbonyl (C=O) groups is 4. The quantitative estimate of drug-likeness (QED) is 0.256. The van der Waals surface area contributed by atoms with Crippen LogP contribution in [0, 0.1) is 11.8 Å². The summed E-state index contributed by atoms with van der Waals surface area (Å²) in [6.45, 7) is 5.27. The molecule has 12 heteroatoms. The molecule has 1 unspecified atom stereocenters. The molecular formula is C27H33N3O9. The third-order valence-corrected chi connectivity index (χ3v) is 8.16. The molecule has 0 heterocycles. The highest BCUT2D eigenvalue weighted by atomic mass is 16.4. The minimum atomic E-state index is -2.76. The second-order valence-electron chi connectivity index (χ2n) is 11.7. The molecular weight excluding hydrogens is 510 g/mol. The molecule has 4 rings (SSSR count). The van der Waals surface area contributed by atoms with Gasteiger partial charge in [0.15, 0.2) is 11.4 Å². The fraction of sp³-hybridized carbons (Fsp3) is 0.481. The highest BCUT2D eigenvalue weighted by Gasteiger charge is 2.64. The maximum atomic E-state index is 14.0. The number of nitrogens with zero attached hydrogens (tertiary/aromatic N) is 1. The summed E-state index contributed by atoms with van der Waals surface area (Å²) in [5, 5.41) is 55.0. The first-order valence-corrected chi connectivity index (χ1v) is 12.4. The van der Waals surface area contributed by atoms with E-state index in [0.29, 0.717) is 0 Å². The Morgan fingerprint density at radius 1 is 1.15 bits per heavy atom. The first-order chi connectivity index (χ1) is 17.9. The summed E-state index contributed by atoms with van der Waals surface area (Å²) < 4.78 is 0. The Morgan fingerprint density at radius 2 is 1.74 bits per heavy atom. The standard InChI is InChI=1S/C27H33N3O9/c1-26(2,3)13-8-11(17(28)25(37)38)10-6-9-7-12-18(30(4)5)21(33)16(24(29)36)23(35)27(12,39)22(34)14(9)20(32)15(10)19(13)31/h8-9,12,17-18,31-32,35,39H,6-7,28H2,1-5H3,(H2,29,36)(H,37,38)/t9-,12-,17?,18-,27-/m1/s1. The molecule has 0 spiro atoms. The maximum absolute atomic E-state index is 14.0. The van der Waals surface area contributed by atoms with Crippen molar-refractivity contribution in [1.29, 1.82) is 0 Å². The Bertz CT molecular complexity index is 1400. The maximum Gasteiger partial charge on any atom is 0.325 e. The zero-order valence-corrected chi connectivity index (χ0v) is 22.3. The van der Waals surface area contributed by atoms with Crippen LogP contribution in [0.4, 0.5) is 0 Å². The predicted molar refractivity (Wildman–Crippen MR) is 138 cm³/mol. The molecule has 1 aromatic carbocycles. The molecule has 0 radical (unpaired) electrons. The van der Waals surface area contributed by atoms with Crippen LogP contribution in [0.2, 0.25) is 0 Å². The lowest BCUT2D eigenvalue weighted by molar-refractivity contribution is -0.153. The number of phenolic OH excluding ortho intramolecular Hbond substituents is 1. The van der Waals surface area contributed by atoms with Crippen molar-refractivity contribution < 1.29 is 44.7 Å². The number of Topliss-reactive ketones (excluding diaryl/α,β-unsaturated/α-hetero) is 2. The SMILES string of the molecule is CN(C)[C@H]1C(=O)C(C(N)=O)=C(O)[C@]2(O)C(=O)C3=C(O)c4c(O)c(C(C)(C)C)cc(C(N)C(=O)O)c4C[C@@H]3C[C@H]12. The molecule has 12 nitrogen and oxygen atoms in total. The molecule has 0 saturated heterocycles. The van der Waals surface area contributed by atoms with Gasteiger partial charge < -0.3 is 37.0 Å². The number of nitrogens with two attached hydrogens (primary N) is 2. The number of carbonyl (C=O) groups excluding carboxylic acids is 3. The van der Waals surface area contributed by atoms with Gasteiger partial charge in [0.05, 0.1) is 11.6 Å². The van der Waals surface area contributed by atoms with E-state index < -0.39 is 75.5 Å². The molecule has 1 fully saturated rings. The summed E-state index contributed by atoms with van der Waals surface area (Å²) in [4.78, 5) is 52.5. The number of hydrogen-bond donors (Lipinski definition) is 7. The van der Waals surface area contributed by atoms with E-state index >= 15 is 0 Å². The van der Waals surface area contributed by atoms with Crippen molar-refractivity contribution in [2.24, 2.45) is 23.3 Å². The monoisotopic (exact) mass is 543 g/mol. The zero-order valence-electron chi connectivity index (χ0n) is 22.3. The lowest BCUT2D eigenvalue weighted by Crippen LogP contribution is -2.65. The molecule has 3 aliphatic rings. The van der Waals surface area contributed by atoms with E-state index in [0.717, 1.165) is 0 Å². The normalized spacial score (nSPS) is 27.7. The molecule has 210 valence electrons. The van der Waals surface area contributed by atoms with E-state index in [-0.39, 0.29) is 46.4 Å². The van der Waals surface area contributed by atoms with Crippen molar-refractivity contribution in [3.63, 3.8) is 0 Å². The minimum absolute atomic E-state index is 0.0527. The molecule has 0 aliphatic heterocycles. The summed E-state index contributed by atoms with van der Waals surface area (Å²) in [6, 6.07) is -1.26. The van der Waals surface area contributed by atoms with Crippen LogP contribution < -0.4 is 11.5 Å². The Hall–Kier alpha value is -3.74. The molecule has 3 aliphatic carbocycles. The van der Waals surface area contributed by atoms with Crippen LogP contribution in [-0.2, 0) is 31.0 Å². The van der Waals surface area contributed by atoms with Gasteiger partial charge in [-0.15, -0.1) is 0 Å². The van der Waals surface area contributed by atoms with Gasteiger partial charge >= 0.3 is 5.97 Å². The molecule has 9 N–H and O–H groups in total. The highest BCUT2D eigenvalue weighted by Crippen LogP contribution is 2.54. The predicted octanol–water partition coefficient (Wildman–Crippen LogP) is 0.346. The van der Waals surface area contributed by atoms with Crippen molar-refractivity contribution in [1.82, 2.24) is 4.90 Å². The van der Waals surface area contributed by atoms with Gasteiger partial charge in [0.1, 0.15) is 28.9 Å². The number of carboxylic acids is 1. The lowest BCUT2D eigenvalue weighted by Gasteiger charge is -2.50. The van der Waals surface area contributed by atoms with Crippen LogP contribution in [-0.4, -0.2) is 79.6 Å². The largest absolute Gasteiger partial charge is 0.508 e. The van der Waals surface area contributed by atoms with Crippen LogP contribution in [0.15, 0.2) is 23.0 Å². The van der Waals surface area contributed by atoms with Gasteiger partial charge in [0, 0.05) is 17.1 Å². The van der Waals surface area contributed by atoms with Gasteiger partial charge in [-0.25, -0.2) is 0 Å². The number of rotatable bonds is 4. The van der Waals surface area contributed by atoms with Crippen LogP contribution in [0.5, 0.6) is 5.75 Å². The van der Waals surface area contributed by atoms with Crippen molar-refractivity contribution >= 4 is 29.2 Å². The minimum Gasteiger partial charge on any atom is -0.508 e. The van der Waals surface area contributed by atoms with E-state index in [9.17, 15) is 44.7 Å². The third kappa shape index (κ3) is 3.85. The van der Waals surface area contributed by atoms with Crippen molar-refractivity contribution in [2.75, 3.05) is 14.1 Å². The fourth-order valence-corrected chi connectivity index (χ4v) is 6.32. The summed E-state index contributed by atoms with van der Waals surface area (Å²) in [5.41, 5.74) is 7.08. The van der Waals surface area contributed by atoms with Crippen LogP contribution >= 0.6 is 0 Å². The number of aliphatic hydroxyl groups excluding tert-OH is 2. The number of fused-ring (bicyclic) bond motifs is 3. The smallest absolute Gasteiger partial charge is 0.325 e. The van der Waals surface area contributed by atoms with Crippen molar-refractivity contribution in [3.05, 3.63) is 45.2 Å². The Labute approximate surface area is 224 Å². The Morgan fingerprint density at radius 3 is 2.23 bits per heavy atom. The number of aliphatic hydroxyl groups is 3. The number of aromatic hydroxyl groups is 1. The number of amides is 1. The van der Waals surface area contributed by atoms with E-state index in [1.807, 2.05) is 0 Å². The van der Waals surface area contributed by atoms with Gasteiger partial charge in [-0.05, 0) is 55.5 Å². The van der Waals surface area contributed by atoms with Gasteiger partial charge in [-0.1, -0.05) is 20.8 Å². The molecule has 39 heavy (non-hydrogen) atoms. The lowest BCUT2D eigenvalue weighted by atomic mass is 9.57. The number of carboxylic acid groups (broad SMARTS) is 1. The van der Waals surface area contributed by atoms with Crippen LogP contribution in [0.1, 0.15) is 55.5 Å². The van der Waals surface area contributed by atoms with Crippen LogP contribution in [0.3, 0.4) is 0 Å². The van der Waals surface area contributed by atoms with Gasteiger partial charge in [0.25, 0.3) is 5.91 Å². The summed E-state index contributed by atoms with van der Waals surface area (Å²) in [5.74, 6) is -9.01. The Balaban J connectivity index is 2.05. The van der Waals surface area contributed by atoms with Crippen molar-refractivity contribution in [3.8, 4) is 5.75 Å². The van der Waals surface area contributed by atoms with Gasteiger partial charge in [-0.2, -0.15) is 0 Å². The fourth-order valence-electron chi connectivity index (χ4n) is 6.32. The van der Waals surface area contributed by atoms with E-state index in [1.165, 1.54) is 25.1 Å². The number of aliphatic carboxylic acids is 1. The van der Waals surface area contributed by atoms with Gasteiger partial charge in [-0.3, -0.25) is 24.1 Å².